The topological polar surface area (TPSA) is 161 Å². The fourth-order valence-electron chi connectivity index (χ4n) is 0.0913. The second-order valence-electron chi connectivity index (χ2n) is 1.37. The highest BCUT2D eigenvalue weighted by Gasteiger charge is 1.93. The molecule has 8 nitrogen and oxygen atoms in total. The van der Waals surface area contributed by atoms with Crippen LogP contribution in [0.5, 0.6) is 0 Å². The standard InChI is InChI=1S/C3H9NO.2HO3P/c4-2-1-3-5;2*1-4(2)3/h5H,1-4H2;2*(H-,1,2,3)/p+2. The SMILES string of the molecule is NCCCO.O=[P+](O)O.O=[P+](O)O. The summed E-state index contributed by atoms with van der Waals surface area (Å²) in [6.07, 6.45) is 0.722. The molecule has 0 amide bonds. The number of aliphatic hydroxyl groups is 1. The predicted octanol–water partition coefficient (Wildman–Crippen LogP) is -1.42. The highest BCUT2D eigenvalue weighted by atomic mass is 31.1. The van der Waals surface area contributed by atoms with Gasteiger partial charge in [0.2, 0.25) is 0 Å². The Morgan fingerprint density at radius 3 is 1.23 bits per heavy atom. The molecule has 13 heavy (non-hydrogen) atoms. The fraction of sp³-hybridized carbons (Fsp3) is 1.00. The van der Waals surface area contributed by atoms with Crippen LogP contribution in [0.4, 0.5) is 0 Å². The number of nitrogens with two attached hydrogens (primary N) is 1. The smallest absolute Gasteiger partial charge is 0.396 e. The molecular formula is C3H13NO7P2+2. The van der Waals surface area contributed by atoms with Crippen molar-refractivity contribution in [3.05, 3.63) is 0 Å². The average molecular weight is 237 g/mol. The van der Waals surface area contributed by atoms with Gasteiger partial charge in [-0.1, -0.05) is 0 Å². The molecule has 10 heteroatoms. The minimum Gasteiger partial charge on any atom is -0.396 e. The Hall–Kier alpha value is -0.0400. The van der Waals surface area contributed by atoms with Crippen LogP contribution in [0.25, 0.3) is 0 Å². The van der Waals surface area contributed by atoms with Gasteiger partial charge in [0.05, 0.1) is 0 Å². The van der Waals surface area contributed by atoms with Gasteiger partial charge in [-0.05, 0) is 13.0 Å². The summed E-state index contributed by atoms with van der Waals surface area (Å²) < 4.78 is 17.4. The van der Waals surface area contributed by atoms with Crippen LogP contribution in [0.3, 0.4) is 0 Å². The normalized spacial score (nSPS) is 7.23. The molecule has 0 aliphatic rings. The molecule has 0 fully saturated rings. The molecule has 0 rings (SSSR count). The summed E-state index contributed by atoms with van der Waals surface area (Å²) in [7, 11) is -5.74. The van der Waals surface area contributed by atoms with E-state index in [0.717, 1.165) is 6.42 Å². The maximum Gasteiger partial charge on any atom is 0.692 e. The molecule has 0 aromatic rings. The van der Waals surface area contributed by atoms with Crippen molar-refractivity contribution in [2.75, 3.05) is 13.2 Å². The van der Waals surface area contributed by atoms with E-state index in [1.54, 1.807) is 0 Å². The molecule has 0 unspecified atom stereocenters. The lowest BCUT2D eigenvalue weighted by Crippen LogP contribution is -1.99. The number of hydrogen-bond donors (Lipinski definition) is 6. The maximum absolute atomic E-state index is 8.70. The molecule has 0 saturated carbocycles. The van der Waals surface area contributed by atoms with Crippen molar-refractivity contribution >= 4 is 16.5 Å². The molecule has 0 aliphatic heterocycles. The molecule has 0 atom stereocenters. The average Bonchev–Trinajstić information content (AvgIpc) is 1.86. The van der Waals surface area contributed by atoms with Crippen molar-refractivity contribution in [2.45, 2.75) is 6.42 Å². The van der Waals surface area contributed by atoms with Gasteiger partial charge in [0, 0.05) is 15.7 Å². The summed E-state index contributed by atoms with van der Waals surface area (Å²) in [4.78, 5) is 28.5. The molecule has 0 bridgehead atoms. The Morgan fingerprint density at radius 1 is 1.00 bits per heavy atom. The van der Waals surface area contributed by atoms with E-state index in [4.69, 9.17) is 39.5 Å². The minimum absolute atomic E-state index is 0.219. The summed E-state index contributed by atoms with van der Waals surface area (Å²) in [5.41, 5.74) is 4.98. The largest absolute Gasteiger partial charge is 0.692 e. The van der Waals surface area contributed by atoms with Crippen LogP contribution in [0.15, 0.2) is 0 Å². The highest BCUT2D eigenvalue weighted by molar-refractivity contribution is 7.31. The molecule has 0 spiro atoms. The van der Waals surface area contributed by atoms with Gasteiger partial charge in [0.15, 0.2) is 0 Å². The van der Waals surface area contributed by atoms with Gasteiger partial charge in [-0.25, -0.2) is 0 Å². The monoisotopic (exact) mass is 237 g/mol. The van der Waals surface area contributed by atoms with Gasteiger partial charge < -0.3 is 10.8 Å². The van der Waals surface area contributed by atoms with Crippen molar-refractivity contribution in [1.82, 2.24) is 0 Å². The van der Waals surface area contributed by atoms with E-state index in [0.29, 0.717) is 6.54 Å². The lowest BCUT2D eigenvalue weighted by atomic mass is 10.5. The summed E-state index contributed by atoms with van der Waals surface area (Å²) in [6, 6.07) is 0. The quantitative estimate of drug-likeness (QED) is 0.319. The Bertz CT molecular complexity index is 109. The van der Waals surface area contributed by atoms with Crippen molar-refractivity contribution in [3.63, 3.8) is 0 Å². The van der Waals surface area contributed by atoms with Crippen LogP contribution >= 0.6 is 16.5 Å². The molecule has 0 saturated heterocycles. The van der Waals surface area contributed by atoms with Gasteiger partial charge in [-0.3, -0.25) is 0 Å². The number of rotatable bonds is 2. The second kappa shape index (κ2) is 17.9. The Kier molecular flexibility index (Phi) is 25.7. The van der Waals surface area contributed by atoms with E-state index in [-0.39, 0.29) is 6.61 Å². The summed E-state index contributed by atoms with van der Waals surface area (Å²) in [5.74, 6) is 0. The third-order valence-corrected chi connectivity index (χ3v) is 0.362. The third-order valence-electron chi connectivity index (χ3n) is 0.362. The van der Waals surface area contributed by atoms with Crippen LogP contribution in [-0.4, -0.2) is 37.8 Å². The number of hydrogen-bond acceptors (Lipinski definition) is 4. The summed E-state index contributed by atoms with van der Waals surface area (Å²) in [6.45, 7) is 0.812. The third kappa shape index (κ3) is 309. The Balaban J connectivity index is -0.000000117. The van der Waals surface area contributed by atoms with Crippen LogP contribution in [0, 0.1) is 0 Å². The lowest BCUT2D eigenvalue weighted by molar-refractivity contribution is 0.291. The van der Waals surface area contributed by atoms with E-state index in [1.807, 2.05) is 0 Å². The first-order valence-electron chi connectivity index (χ1n) is 2.89. The fourth-order valence-corrected chi connectivity index (χ4v) is 0.0913. The van der Waals surface area contributed by atoms with Gasteiger partial charge >= 0.3 is 16.5 Å². The molecule has 0 heterocycles. The molecule has 80 valence electrons. The van der Waals surface area contributed by atoms with E-state index in [9.17, 15) is 0 Å². The van der Waals surface area contributed by atoms with E-state index in [1.165, 1.54) is 0 Å². The first-order chi connectivity index (χ1) is 5.88. The zero-order valence-electron chi connectivity index (χ0n) is 6.65. The molecule has 0 radical (unpaired) electrons. The lowest BCUT2D eigenvalue weighted by Gasteiger charge is -1.80. The maximum atomic E-state index is 8.70. The van der Waals surface area contributed by atoms with Crippen LogP contribution in [0.1, 0.15) is 6.42 Å². The van der Waals surface area contributed by atoms with E-state index >= 15 is 0 Å². The zero-order valence-corrected chi connectivity index (χ0v) is 8.43. The molecular weight excluding hydrogens is 224 g/mol. The Morgan fingerprint density at radius 2 is 1.23 bits per heavy atom. The number of aliphatic hydroxyl groups excluding tert-OH is 1. The summed E-state index contributed by atoms with van der Waals surface area (Å²) in [5, 5.41) is 7.99. The van der Waals surface area contributed by atoms with Crippen LogP contribution < -0.4 is 5.73 Å². The van der Waals surface area contributed by atoms with Crippen molar-refractivity contribution in [3.8, 4) is 0 Å². The summed E-state index contributed by atoms with van der Waals surface area (Å²) >= 11 is 0. The van der Waals surface area contributed by atoms with Gasteiger partial charge in [0.1, 0.15) is 0 Å². The van der Waals surface area contributed by atoms with Crippen molar-refractivity contribution in [1.29, 1.82) is 0 Å². The molecule has 7 N–H and O–H groups in total. The Labute approximate surface area is 76.5 Å². The second-order valence-corrected chi connectivity index (χ2v) is 2.38. The first kappa shape index (κ1) is 18.7. The first-order valence-corrected chi connectivity index (χ1v) is 5.22. The highest BCUT2D eigenvalue weighted by Crippen LogP contribution is 1.98. The van der Waals surface area contributed by atoms with Gasteiger partial charge in [-0.2, -0.15) is 0 Å². The van der Waals surface area contributed by atoms with Gasteiger partial charge in [0.25, 0.3) is 0 Å². The van der Waals surface area contributed by atoms with Gasteiger partial charge in [-0.15, -0.1) is 19.6 Å². The van der Waals surface area contributed by atoms with Crippen molar-refractivity contribution in [2.24, 2.45) is 5.73 Å². The van der Waals surface area contributed by atoms with Crippen LogP contribution in [0.2, 0.25) is 0 Å². The van der Waals surface area contributed by atoms with E-state index in [2.05, 4.69) is 0 Å². The molecule has 0 aliphatic carbocycles. The van der Waals surface area contributed by atoms with E-state index < -0.39 is 16.5 Å². The van der Waals surface area contributed by atoms with Crippen molar-refractivity contribution < 1.29 is 33.8 Å². The van der Waals surface area contributed by atoms with Crippen LogP contribution in [-0.2, 0) is 9.13 Å². The zero-order chi connectivity index (χ0) is 11.3. The predicted molar refractivity (Wildman–Crippen MR) is 44.8 cm³/mol. The molecule has 0 aromatic heterocycles. The molecule has 0 aromatic carbocycles. The minimum atomic E-state index is -2.87.